The zero-order valence-electron chi connectivity index (χ0n) is 10.6. The third-order valence-corrected chi connectivity index (χ3v) is 3.05. The predicted octanol–water partition coefficient (Wildman–Crippen LogP) is 3.20. The van der Waals surface area contributed by atoms with Crippen LogP contribution in [0, 0.1) is 5.92 Å². The van der Waals surface area contributed by atoms with Crippen LogP contribution in [0.5, 0.6) is 0 Å². The van der Waals surface area contributed by atoms with Gasteiger partial charge in [-0.2, -0.15) is 0 Å². The van der Waals surface area contributed by atoms with Gasteiger partial charge in [-0.3, -0.25) is 4.79 Å². The second-order valence-corrected chi connectivity index (χ2v) is 4.46. The fraction of sp³-hybridized carbons (Fsp3) is 0.500. The standard InChI is InChI=1S/C14H21NO/c1-5-13(10(2)3)11-7-6-8-12(9-11)14(16)15-4/h6-10,13H,5H2,1-4H3,(H,15,16). The van der Waals surface area contributed by atoms with Crippen molar-refractivity contribution < 1.29 is 4.79 Å². The molecule has 0 fully saturated rings. The molecule has 0 aliphatic heterocycles. The molecule has 1 N–H and O–H groups in total. The van der Waals surface area contributed by atoms with Crippen LogP contribution >= 0.6 is 0 Å². The Balaban J connectivity index is 3.01. The number of hydrogen-bond acceptors (Lipinski definition) is 1. The lowest BCUT2D eigenvalue weighted by molar-refractivity contribution is 0.0963. The van der Waals surface area contributed by atoms with Gasteiger partial charge in [0.05, 0.1) is 0 Å². The molecular weight excluding hydrogens is 198 g/mol. The predicted molar refractivity (Wildman–Crippen MR) is 67.7 cm³/mol. The van der Waals surface area contributed by atoms with Gasteiger partial charge < -0.3 is 5.32 Å². The number of nitrogens with one attached hydrogen (secondary N) is 1. The monoisotopic (exact) mass is 219 g/mol. The maximum Gasteiger partial charge on any atom is 0.251 e. The molecule has 1 aromatic rings. The lowest BCUT2D eigenvalue weighted by Crippen LogP contribution is -2.18. The van der Waals surface area contributed by atoms with Crippen LogP contribution < -0.4 is 5.32 Å². The summed E-state index contributed by atoms with van der Waals surface area (Å²) in [6, 6.07) is 7.94. The zero-order chi connectivity index (χ0) is 12.1. The molecule has 1 rings (SSSR count). The average molecular weight is 219 g/mol. The molecule has 0 heterocycles. The SMILES string of the molecule is CCC(c1cccc(C(=O)NC)c1)C(C)C. The maximum atomic E-state index is 11.5. The minimum absolute atomic E-state index is 0.0135. The molecule has 0 saturated heterocycles. The number of carbonyl (C=O) groups excluding carboxylic acids is 1. The van der Waals surface area contributed by atoms with E-state index in [9.17, 15) is 4.79 Å². The number of benzene rings is 1. The first kappa shape index (κ1) is 12.8. The highest BCUT2D eigenvalue weighted by Crippen LogP contribution is 2.27. The molecule has 1 amide bonds. The molecule has 2 heteroatoms. The minimum Gasteiger partial charge on any atom is -0.355 e. The number of carbonyl (C=O) groups is 1. The minimum atomic E-state index is -0.0135. The van der Waals surface area contributed by atoms with E-state index in [-0.39, 0.29) is 5.91 Å². The number of rotatable bonds is 4. The van der Waals surface area contributed by atoms with Crippen molar-refractivity contribution in [2.45, 2.75) is 33.1 Å². The highest BCUT2D eigenvalue weighted by Gasteiger charge is 2.14. The third-order valence-electron chi connectivity index (χ3n) is 3.05. The quantitative estimate of drug-likeness (QED) is 0.827. The molecule has 16 heavy (non-hydrogen) atoms. The Hall–Kier alpha value is -1.31. The van der Waals surface area contributed by atoms with Crippen molar-refractivity contribution in [3.8, 4) is 0 Å². The van der Waals surface area contributed by atoms with Gasteiger partial charge in [-0.15, -0.1) is 0 Å². The molecular formula is C14H21NO. The molecule has 0 radical (unpaired) electrons. The van der Waals surface area contributed by atoms with Gasteiger partial charge in [-0.1, -0.05) is 32.9 Å². The van der Waals surface area contributed by atoms with Gasteiger partial charge in [0, 0.05) is 12.6 Å². The number of hydrogen-bond donors (Lipinski definition) is 1. The highest BCUT2D eigenvalue weighted by atomic mass is 16.1. The van der Waals surface area contributed by atoms with Crippen LogP contribution in [0.3, 0.4) is 0 Å². The van der Waals surface area contributed by atoms with Crippen LogP contribution in [0.2, 0.25) is 0 Å². The Morgan fingerprint density at radius 3 is 2.56 bits per heavy atom. The normalized spacial score (nSPS) is 12.6. The van der Waals surface area contributed by atoms with Crippen molar-refractivity contribution in [2.24, 2.45) is 5.92 Å². The van der Waals surface area contributed by atoms with Gasteiger partial charge in [0.2, 0.25) is 0 Å². The van der Waals surface area contributed by atoms with Crippen LogP contribution in [0.4, 0.5) is 0 Å². The van der Waals surface area contributed by atoms with Crippen LogP contribution in [0.15, 0.2) is 24.3 Å². The summed E-state index contributed by atoms with van der Waals surface area (Å²) in [5, 5.41) is 2.66. The van der Waals surface area contributed by atoms with E-state index in [0.717, 1.165) is 12.0 Å². The molecule has 0 aliphatic rings. The highest BCUT2D eigenvalue weighted by molar-refractivity contribution is 5.94. The molecule has 88 valence electrons. The van der Waals surface area contributed by atoms with Gasteiger partial charge in [-0.05, 0) is 36.0 Å². The van der Waals surface area contributed by atoms with Crippen LogP contribution in [0.25, 0.3) is 0 Å². The van der Waals surface area contributed by atoms with Crippen LogP contribution in [-0.4, -0.2) is 13.0 Å². The van der Waals surface area contributed by atoms with E-state index in [0.29, 0.717) is 11.8 Å². The van der Waals surface area contributed by atoms with Gasteiger partial charge in [0.25, 0.3) is 5.91 Å². The summed E-state index contributed by atoms with van der Waals surface area (Å²) in [4.78, 5) is 11.5. The smallest absolute Gasteiger partial charge is 0.251 e. The van der Waals surface area contributed by atoms with E-state index >= 15 is 0 Å². The molecule has 0 aliphatic carbocycles. The summed E-state index contributed by atoms with van der Waals surface area (Å²) in [6.45, 7) is 6.64. The Kier molecular flexibility index (Phi) is 4.53. The van der Waals surface area contributed by atoms with Gasteiger partial charge in [-0.25, -0.2) is 0 Å². The molecule has 1 aromatic carbocycles. The zero-order valence-corrected chi connectivity index (χ0v) is 10.6. The van der Waals surface area contributed by atoms with E-state index in [1.165, 1.54) is 5.56 Å². The lowest BCUT2D eigenvalue weighted by Gasteiger charge is -2.20. The average Bonchev–Trinajstić information content (AvgIpc) is 2.29. The summed E-state index contributed by atoms with van der Waals surface area (Å²) < 4.78 is 0. The maximum absolute atomic E-state index is 11.5. The molecule has 0 saturated carbocycles. The van der Waals surface area contributed by atoms with Crippen molar-refractivity contribution in [1.29, 1.82) is 0 Å². The molecule has 2 nitrogen and oxygen atoms in total. The Bertz CT molecular complexity index is 358. The summed E-state index contributed by atoms with van der Waals surface area (Å²) in [5.74, 6) is 1.12. The summed E-state index contributed by atoms with van der Waals surface area (Å²) >= 11 is 0. The molecule has 1 unspecified atom stereocenters. The lowest BCUT2D eigenvalue weighted by atomic mass is 9.86. The van der Waals surface area contributed by atoms with E-state index in [1.807, 2.05) is 18.2 Å². The Morgan fingerprint density at radius 1 is 1.38 bits per heavy atom. The van der Waals surface area contributed by atoms with Crippen LogP contribution in [0.1, 0.15) is 49.0 Å². The molecule has 0 aromatic heterocycles. The van der Waals surface area contributed by atoms with E-state index in [1.54, 1.807) is 7.05 Å². The van der Waals surface area contributed by atoms with Gasteiger partial charge in [0.15, 0.2) is 0 Å². The molecule has 1 atom stereocenters. The van der Waals surface area contributed by atoms with Crippen molar-refractivity contribution >= 4 is 5.91 Å². The first-order chi connectivity index (χ1) is 7.60. The van der Waals surface area contributed by atoms with E-state index < -0.39 is 0 Å². The van der Waals surface area contributed by atoms with E-state index in [4.69, 9.17) is 0 Å². The van der Waals surface area contributed by atoms with Gasteiger partial charge >= 0.3 is 0 Å². The first-order valence-corrected chi connectivity index (χ1v) is 5.92. The second kappa shape index (κ2) is 5.69. The van der Waals surface area contributed by atoms with Crippen molar-refractivity contribution in [1.82, 2.24) is 5.32 Å². The topological polar surface area (TPSA) is 29.1 Å². The molecule has 0 bridgehead atoms. The Labute approximate surface area is 98.1 Å². The van der Waals surface area contributed by atoms with Crippen molar-refractivity contribution in [3.63, 3.8) is 0 Å². The van der Waals surface area contributed by atoms with E-state index in [2.05, 4.69) is 32.2 Å². The first-order valence-electron chi connectivity index (χ1n) is 5.92. The summed E-state index contributed by atoms with van der Waals surface area (Å²) in [6.07, 6.45) is 1.11. The van der Waals surface area contributed by atoms with Crippen molar-refractivity contribution in [2.75, 3.05) is 7.05 Å². The summed E-state index contributed by atoms with van der Waals surface area (Å²) in [5.41, 5.74) is 2.01. The fourth-order valence-corrected chi connectivity index (χ4v) is 2.15. The Morgan fingerprint density at radius 2 is 2.06 bits per heavy atom. The summed E-state index contributed by atoms with van der Waals surface area (Å²) in [7, 11) is 1.66. The molecule has 0 spiro atoms. The fourth-order valence-electron chi connectivity index (χ4n) is 2.15. The number of amides is 1. The van der Waals surface area contributed by atoms with Gasteiger partial charge in [0.1, 0.15) is 0 Å². The van der Waals surface area contributed by atoms with Crippen molar-refractivity contribution in [3.05, 3.63) is 35.4 Å². The van der Waals surface area contributed by atoms with Crippen LogP contribution in [-0.2, 0) is 0 Å². The largest absolute Gasteiger partial charge is 0.355 e. The third kappa shape index (κ3) is 2.84. The second-order valence-electron chi connectivity index (χ2n) is 4.46.